The summed E-state index contributed by atoms with van der Waals surface area (Å²) in [5.41, 5.74) is 0.810. The Morgan fingerprint density at radius 2 is 1.61 bits per heavy atom. The molecule has 0 aromatic heterocycles. The second kappa shape index (κ2) is 9.82. The Kier molecular flexibility index (Phi) is 6.91. The van der Waals surface area contributed by atoms with Crippen LogP contribution in [-0.2, 0) is 4.79 Å². The summed E-state index contributed by atoms with van der Waals surface area (Å²) in [4.78, 5) is 30.1. The smallest absolute Gasteiger partial charge is 0.254 e. The lowest BCUT2D eigenvalue weighted by Gasteiger charge is -2.41. The van der Waals surface area contributed by atoms with Crippen LogP contribution in [0.3, 0.4) is 0 Å². The molecule has 0 aliphatic carbocycles. The molecule has 2 aliphatic rings. The molecular weight excluding hydrogens is 386 g/mol. The summed E-state index contributed by atoms with van der Waals surface area (Å²) in [5, 5.41) is 5.24. The molecule has 2 saturated heterocycles. The van der Waals surface area contributed by atoms with Gasteiger partial charge in [0.15, 0.2) is 0 Å². The lowest BCUT2D eigenvalue weighted by molar-refractivity contribution is -0.126. The van der Waals surface area contributed by atoms with Crippen molar-refractivity contribution >= 4 is 22.6 Å². The molecule has 1 N–H and O–H groups in total. The number of amides is 2. The van der Waals surface area contributed by atoms with E-state index in [4.69, 9.17) is 0 Å². The topological polar surface area (TPSA) is 52.7 Å². The molecule has 0 unspecified atom stereocenters. The zero-order valence-electron chi connectivity index (χ0n) is 18.8. The van der Waals surface area contributed by atoms with Gasteiger partial charge >= 0.3 is 0 Å². The Labute approximate surface area is 185 Å². The van der Waals surface area contributed by atoms with Gasteiger partial charge < -0.3 is 15.1 Å². The molecular formula is C26H35N3O2. The van der Waals surface area contributed by atoms with E-state index in [9.17, 15) is 9.59 Å². The molecule has 2 aromatic carbocycles. The van der Waals surface area contributed by atoms with Gasteiger partial charge in [0.2, 0.25) is 5.91 Å². The second-order valence-corrected chi connectivity index (χ2v) is 9.50. The third-order valence-corrected chi connectivity index (χ3v) is 6.87. The Morgan fingerprint density at radius 1 is 0.935 bits per heavy atom. The van der Waals surface area contributed by atoms with Gasteiger partial charge in [-0.1, -0.05) is 50.2 Å². The van der Waals surface area contributed by atoms with Crippen LogP contribution in [0.25, 0.3) is 10.8 Å². The molecule has 2 amide bonds. The van der Waals surface area contributed by atoms with Gasteiger partial charge in [-0.05, 0) is 61.5 Å². The number of benzene rings is 2. The highest BCUT2D eigenvalue weighted by Crippen LogP contribution is 2.26. The summed E-state index contributed by atoms with van der Waals surface area (Å²) in [6.07, 6.45) is 3.92. The van der Waals surface area contributed by atoms with E-state index in [0.29, 0.717) is 12.0 Å². The van der Waals surface area contributed by atoms with E-state index in [-0.39, 0.29) is 17.7 Å². The first-order valence-electron chi connectivity index (χ1n) is 11.8. The van der Waals surface area contributed by atoms with Gasteiger partial charge in [-0.3, -0.25) is 9.59 Å². The zero-order valence-corrected chi connectivity index (χ0v) is 18.8. The van der Waals surface area contributed by atoms with Crippen molar-refractivity contribution in [1.82, 2.24) is 15.1 Å². The van der Waals surface area contributed by atoms with Crippen LogP contribution in [0.5, 0.6) is 0 Å². The lowest BCUT2D eigenvalue weighted by atomic mass is 9.92. The van der Waals surface area contributed by atoms with E-state index in [2.05, 4.69) is 36.2 Å². The standard InChI is InChI=1S/C26H35N3O2/c1-19(2)18-27-25(30)21-10-14-28(15-11-21)22-12-16-29(17-13-22)26(31)24-9-5-7-20-6-3-4-8-23(20)24/h3-9,19,21-22H,10-18H2,1-2H3,(H,27,30). The van der Waals surface area contributed by atoms with Crippen LogP contribution in [0.2, 0.25) is 0 Å². The average Bonchev–Trinajstić information content (AvgIpc) is 2.82. The van der Waals surface area contributed by atoms with Crippen molar-refractivity contribution in [3.8, 4) is 0 Å². The van der Waals surface area contributed by atoms with Crippen LogP contribution in [-0.4, -0.2) is 60.4 Å². The molecule has 2 aliphatic heterocycles. The van der Waals surface area contributed by atoms with Crippen molar-refractivity contribution in [2.45, 2.75) is 45.6 Å². The van der Waals surface area contributed by atoms with Gasteiger partial charge in [-0.2, -0.15) is 0 Å². The molecule has 0 radical (unpaired) electrons. The zero-order chi connectivity index (χ0) is 21.8. The molecule has 2 heterocycles. The maximum atomic E-state index is 13.2. The van der Waals surface area contributed by atoms with Crippen molar-refractivity contribution in [3.63, 3.8) is 0 Å². The van der Waals surface area contributed by atoms with E-state index in [0.717, 1.165) is 74.7 Å². The van der Waals surface area contributed by atoms with Gasteiger partial charge in [0.05, 0.1) is 0 Å². The van der Waals surface area contributed by atoms with Crippen LogP contribution >= 0.6 is 0 Å². The maximum absolute atomic E-state index is 13.2. The minimum Gasteiger partial charge on any atom is -0.356 e. The van der Waals surface area contributed by atoms with Gasteiger partial charge in [-0.15, -0.1) is 0 Å². The third kappa shape index (κ3) is 5.09. The van der Waals surface area contributed by atoms with Crippen molar-refractivity contribution in [3.05, 3.63) is 48.0 Å². The average molecular weight is 422 g/mol. The van der Waals surface area contributed by atoms with Gasteiger partial charge in [-0.25, -0.2) is 0 Å². The number of carbonyl (C=O) groups is 2. The fraction of sp³-hybridized carbons (Fsp3) is 0.538. The summed E-state index contributed by atoms with van der Waals surface area (Å²) in [7, 11) is 0. The summed E-state index contributed by atoms with van der Waals surface area (Å²) in [5.74, 6) is 1.02. The van der Waals surface area contributed by atoms with Gasteiger partial charge in [0.25, 0.3) is 5.91 Å². The van der Waals surface area contributed by atoms with E-state index in [1.807, 2.05) is 35.2 Å². The number of rotatable bonds is 5. The van der Waals surface area contributed by atoms with Crippen LogP contribution in [0.1, 0.15) is 49.9 Å². The Bertz CT molecular complexity index is 905. The van der Waals surface area contributed by atoms with Gasteiger partial charge in [0, 0.05) is 37.2 Å². The molecule has 0 saturated carbocycles. The first kappa shape index (κ1) is 21.8. The SMILES string of the molecule is CC(C)CNC(=O)C1CCN(C2CCN(C(=O)c3cccc4ccccc34)CC2)CC1. The molecule has 166 valence electrons. The molecule has 2 aromatic rings. The van der Waals surface area contributed by atoms with Crippen LogP contribution in [0.4, 0.5) is 0 Å². The van der Waals surface area contributed by atoms with Crippen molar-refractivity contribution in [2.75, 3.05) is 32.7 Å². The number of nitrogens with one attached hydrogen (secondary N) is 1. The quantitative estimate of drug-likeness (QED) is 0.796. The number of hydrogen-bond acceptors (Lipinski definition) is 3. The van der Waals surface area contributed by atoms with Crippen molar-refractivity contribution < 1.29 is 9.59 Å². The fourth-order valence-corrected chi connectivity index (χ4v) is 4.99. The maximum Gasteiger partial charge on any atom is 0.254 e. The van der Waals surface area contributed by atoms with Crippen molar-refractivity contribution in [1.29, 1.82) is 0 Å². The molecule has 5 nitrogen and oxygen atoms in total. The first-order chi connectivity index (χ1) is 15.0. The number of likely N-dealkylation sites (tertiary alicyclic amines) is 2. The minimum absolute atomic E-state index is 0.149. The van der Waals surface area contributed by atoms with Gasteiger partial charge in [0.1, 0.15) is 0 Å². The lowest BCUT2D eigenvalue weighted by Crippen LogP contribution is -2.50. The molecule has 0 atom stereocenters. The molecule has 0 bridgehead atoms. The molecule has 31 heavy (non-hydrogen) atoms. The Balaban J connectivity index is 1.28. The van der Waals surface area contributed by atoms with E-state index in [1.54, 1.807) is 0 Å². The van der Waals surface area contributed by atoms with E-state index >= 15 is 0 Å². The second-order valence-electron chi connectivity index (χ2n) is 9.50. The number of carbonyl (C=O) groups excluding carboxylic acids is 2. The summed E-state index contributed by atoms with van der Waals surface area (Å²) in [6.45, 7) is 8.61. The molecule has 4 rings (SSSR count). The third-order valence-electron chi connectivity index (χ3n) is 6.87. The highest BCUT2D eigenvalue weighted by atomic mass is 16.2. The van der Waals surface area contributed by atoms with E-state index < -0.39 is 0 Å². The van der Waals surface area contributed by atoms with Crippen LogP contribution < -0.4 is 5.32 Å². The molecule has 0 spiro atoms. The normalized spacial score (nSPS) is 19.1. The monoisotopic (exact) mass is 421 g/mol. The summed E-state index contributed by atoms with van der Waals surface area (Å²) >= 11 is 0. The number of nitrogens with zero attached hydrogens (tertiary/aromatic N) is 2. The van der Waals surface area contributed by atoms with E-state index in [1.165, 1.54) is 0 Å². The fourth-order valence-electron chi connectivity index (χ4n) is 4.99. The number of piperidine rings is 2. The Morgan fingerprint density at radius 3 is 2.32 bits per heavy atom. The first-order valence-corrected chi connectivity index (χ1v) is 11.8. The number of hydrogen-bond donors (Lipinski definition) is 1. The predicted octanol–water partition coefficient (Wildman–Crippen LogP) is 3.93. The summed E-state index contributed by atoms with van der Waals surface area (Å²) in [6, 6.07) is 14.6. The number of fused-ring (bicyclic) bond motifs is 1. The minimum atomic E-state index is 0.149. The highest BCUT2D eigenvalue weighted by molar-refractivity contribution is 6.07. The predicted molar refractivity (Wildman–Crippen MR) is 125 cm³/mol. The molecule has 2 fully saturated rings. The van der Waals surface area contributed by atoms with Crippen LogP contribution in [0, 0.1) is 11.8 Å². The molecule has 5 heteroatoms. The highest BCUT2D eigenvalue weighted by Gasteiger charge is 2.32. The largest absolute Gasteiger partial charge is 0.356 e. The summed E-state index contributed by atoms with van der Waals surface area (Å²) < 4.78 is 0. The Hall–Kier alpha value is -2.40. The van der Waals surface area contributed by atoms with Crippen molar-refractivity contribution in [2.24, 2.45) is 11.8 Å². The van der Waals surface area contributed by atoms with Crippen LogP contribution in [0.15, 0.2) is 42.5 Å².